The van der Waals surface area contributed by atoms with E-state index < -0.39 is 5.97 Å². The molecule has 6 heteroatoms. The van der Waals surface area contributed by atoms with E-state index in [1.54, 1.807) is 22.9 Å². The van der Waals surface area contributed by atoms with Crippen LogP contribution in [0.5, 0.6) is 0 Å². The molecule has 0 aliphatic heterocycles. The van der Waals surface area contributed by atoms with Crippen molar-refractivity contribution in [3.63, 3.8) is 0 Å². The van der Waals surface area contributed by atoms with Crippen molar-refractivity contribution < 1.29 is 9.90 Å². The van der Waals surface area contributed by atoms with E-state index >= 15 is 0 Å². The Morgan fingerprint density at radius 3 is 2.24 bits per heavy atom. The van der Waals surface area contributed by atoms with Gasteiger partial charge in [0.1, 0.15) is 0 Å². The standard InChI is InChI=1S/C23H16Cl2N2O2/c24-18-10-11-19(20(25)12-18)16-6-8-17(9-7-16)22-13-21(23(28)29)26-27(22)14-15-4-2-1-3-5-15/h1-13H,14H2,(H,28,29). The van der Waals surface area contributed by atoms with E-state index in [0.717, 1.165) is 27.9 Å². The van der Waals surface area contributed by atoms with Crippen molar-refractivity contribution in [2.75, 3.05) is 0 Å². The van der Waals surface area contributed by atoms with Crippen molar-refractivity contribution in [2.24, 2.45) is 0 Å². The minimum atomic E-state index is -1.05. The molecule has 0 radical (unpaired) electrons. The number of carboxylic acids is 1. The summed E-state index contributed by atoms with van der Waals surface area (Å²) in [5, 5.41) is 14.8. The van der Waals surface area contributed by atoms with Gasteiger partial charge in [-0.3, -0.25) is 4.68 Å². The summed E-state index contributed by atoms with van der Waals surface area (Å²) < 4.78 is 1.71. The maximum absolute atomic E-state index is 11.5. The number of hydrogen-bond acceptors (Lipinski definition) is 2. The molecule has 0 amide bonds. The second-order valence-electron chi connectivity index (χ2n) is 6.56. The topological polar surface area (TPSA) is 55.1 Å². The molecular formula is C23H16Cl2N2O2. The van der Waals surface area contributed by atoms with Crippen LogP contribution in [-0.4, -0.2) is 20.9 Å². The Balaban J connectivity index is 1.71. The highest BCUT2D eigenvalue weighted by atomic mass is 35.5. The molecule has 29 heavy (non-hydrogen) atoms. The summed E-state index contributed by atoms with van der Waals surface area (Å²) in [7, 11) is 0. The average molecular weight is 423 g/mol. The normalized spacial score (nSPS) is 10.8. The lowest BCUT2D eigenvalue weighted by Gasteiger charge is -2.10. The van der Waals surface area contributed by atoms with Crippen molar-refractivity contribution in [3.05, 3.63) is 100 Å². The van der Waals surface area contributed by atoms with E-state index in [1.807, 2.05) is 60.7 Å². The summed E-state index contributed by atoms with van der Waals surface area (Å²) in [5.41, 5.74) is 4.49. The van der Waals surface area contributed by atoms with Crippen LogP contribution in [-0.2, 0) is 6.54 Å². The van der Waals surface area contributed by atoms with Crippen LogP contribution in [0, 0.1) is 0 Å². The molecule has 4 aromatic rings. The molecule has 144 valence electrons. The molecule has 0 aliphatic carbocycles. The van der Waals surface area contributed by atoms with Gasteiger partial charge in [-0.1, -0.05) is 83.9 Å². The Hall–Kier alpha value is -3.08. The lowest BCUT2D eigenvalue weighted by Crippen LogP contribution is -2.05. The molecule has 0 saturated carbocycles. The van der Waals surface area contributed by atoms with Crippen molar-refractivity contribution in [1.82, 2.24) is 9.78 Å². The second kappa shape index (κ2) is 8.11. The fourth-order valence-electron chi connectivity index (χ4n) is 3.17. The number of hydrogen-bond donors (Lipinski definition) is 1. The van der Waals surface area contributed by atoms with Gasteiger partial charge in [-0.15, -0.1) is 0 Å². The Morgan fingerprint density at radius 2 is 1.59 bits per heavy atom. The van der Waals surface area contributed by atoms with Crippen LogP contribution in [0.1, 0.15) is 16.1 Å². The van der Waals surface area contributed by atoms with Crippen LogP contribution in [0.4, 0.5) is 0 Å². The first kappa shape index (κ1) is 19.2. The van der Waals surface area contributed by atoms with Crippen molar-refractivity contribution in [1.29, 1.82) is 0 Å². The van der Waals surface area contributed by atoms with Crippen molar-refractivity contribution >= 4 is 29.2 Å². The van der Waals surface area contributed by atoms with E-state index in [-0.39, 0.29) is 5.69 Å². The van der Waals surface area contributed by atoms with Gasteiger partial charge in [-0.05, 0) is 34.9 Å². The molecule has 1 aromatic heterocycles. The van der Waals surface area contributed by atoms with Gasteiger partial charge in [0.15, 0.2) is 5.69 Å². The Morgan fingerprint density at radius 1 is 0.897 bits per heavy atom. The first-order valence-electron chi connectivity index (χ1n) is 8.92. The Labute approximate surface area is 178 Å². The molecule has 4 rings (SSSR count). The fourth-order valence-corrected chi connectivity index (χ4v) is 3.69. The van der Waals surface area contributed by atoms with Crippen molar-refractivity contribution in [2.45, 2.75) is 6.54 Å². The minimum Gasteiger partial charge on any atom is -0.476 e. The van der Waals surface area contributed by atoms with E-state index in [2.05, 4.69) is 5.10 Å². The van der Waals surface area contributed by atoms with Crippen molar-refractivity contribution in [3.8, 4) is 22.4 Å². The number of rotatable bonds is 5. The molecule has 0 saturated heterocycles. The maximum Gasteiger partial charge on any atom is 0.356 e. The highest BCUT2D eigenvalue weighted by Gasteiger charge is 2.15. The van der Waals surface area contributed by atoms with Gasteiger partial charge in [-0.25, -0.2) is 4.79 Å². The molecule has 0 aliphatic rings. The molecule has 1 N–H and O–H groups in total. The summed E-state index contributed by atoms with van der Waals surface area (Å²) in [4.78, 5) is 11.5. The number of halogens is 2. The number of nitrogens with zero attached hydrogens (tertiary/aromatic N) is 2. The molecule has 3 aromatic carbocycles. The summed E-state index contributed by atoms with van der Waals surface area (Å²) in [6.45, 7) is 0.480. The Bertz CT molecular complexity index is 1170. The zero-order chi connectivity index (χ0) is 20.4. The van der Waals surface area contributed by atoms with Gasteiger partial charge in [-0.2, -0.15) is 5.10 Å². The van der Waals surface area contributed by atoms with Crippen LogP contribution in [0.2, 0.25) is 10.0 Å². The summed E-state index contributed by atoms with van der Waals surface area (Å²) in [5.74, 6) is -1.05. The third-order valence-corrected chi connectivity index (χ3v) is 5.14. The zero-order valence-electron chi connectivity index (χ0n) is 15.2. The third-order valence-electron chi connectivity index (χ3n) is 4.60. The van der Waals surface area contributed by atoms with E-state index in [9.17, 15) is 9.90 Å². The molecular weight excluding hydrogens is 407 g/mol. The predicted molar refractivity (Wildman–Crippen MR) is 116 cm³/mol. The molecule has 0 atom stereocenters. The molecule has 4 nitrogen and oxygen atoms in total. The molecule has 0 spiro atoms. The summed E-state index contributed by atoms with van der Waals surface area (Å²) >= 11 is 12.3. The van der Waals surface area contributed by atoms with Crippen LogP contribution >= 0.6 is 23.2 Å². The minimum absolute atomic E-state index is 0.0146. The number of aromatic carboxylic acids is 1. The smallest absolute Gasteiger partial charge is 0.356 e. The maximum atomic E-state index is 11.5. The molecule has 0 unspecified atom stereocenters. The third kappa shape index (κ3) is 4.19. The van der Waals surface area contributed by atoms with Gasteiger partial charge >= 0.3 is 5.97 Å². The molecule has 0 fully saturated rings. The van der Waals surface area contributed by atoms with E-state index in [0.29, 0.717) is 16.6 Å². The van der Waals surface area contributed by atoms with E-state index in [4.69, 9.17) is 23.2 Å². The predicted octanol–water partition coefficient (Wildman–Crippen LogP) is 6.27. The second-order valence-corrected chi connectivity index (χ2v) is 7.41. The van der Waals surface area contributed by atoms with Gasteiger partial charge < -0.3 is 5.11 Å². The highest BCUT2D eigenvalue weighted by Crippen LogP contribution is 2.32. The van der Waals surface area contributed by atoms with Crippen LogP contribution < -0.4 is 0 Å². The summed E-state index contributed by atoms with van der Waals surface area (Å²) in [6.07, 6.45) is 0. The SMILES string of the molecule is O=C(O)c1cc(-c2ccc(-c3ccc(Cl)cc3Cl)cc2)n(Cc2ccccc2)n1. The number of carbonyl (C=O) groups is 1. The zero-order valence-corrected chi connectivity index (χ0v) is 16.7. The van der Waals surface area contributed by atoms with Crippen LogP contribution in [0.15, 0.2) is 78.9 Å². The average Bonchev–Trinajstić information content (AvgIpc) is 3.13. The lowest BCUT2D eigenvalue weighted by molar-refractivity contribution is 0.0689. The number of aromatic nitrogens is 2. The fraction of sp³-hybridized carbons (Fsp3) is 0.0435. The first-order chi connectivity index (χ1) is 14.0. The van der Waals surface area contributed by atoms with Gasteiger partial charge in [0.25, 0.3) is 0 Å². The summed E-state index contributed by atoms with van der Waals surface area (Å²) in [6, 6.07) is 24.5. The largest absolute Gasteiger partial charge is 0.476 e. The monoisotopic (exact) mass is 422 g/mol. The highest BCUT2D eigenvalue weighted by molar-refractivity contribution is 6.36. The van der Waals surface area contributed by atoms with E-state index in [1.165, 1.54) is 0 Å². The quantitative estimate of drug-likeness (QED) is 0.412. The van der Waals surface area contributed by atoms with Gasteiger partial charge in [0.2, 0.25) is 0 Å². The van der Waals surface area contributed by atoms with Crippen LogP contribution in [0.25, 0.3) is 22.4 Å². The number of carboxylic acid groups (broad SMARTS) is 1. The van der Waals surface area contributed by atoms with Gasteiger partial charge in [0.05, 0.1) is 12.2 Å². The number of benzene rings is 3. The lowest BCUT2D eigenvalue weighted by atomic mass is 10.0. The van der Waals surface area contributed by atoms with Gasteiger partial charge in [0, 0.05) is 15.6 Å². The first-order valence-corrected chi connectivity index (χ1v) is 9.68. The molecule has 1 heterocycles. The molecule has 0 bridgehead atoms. The Kier molecular flexibility index (Phi) is 5.38. The van der Waals surface area contributed by atoms with Crippen LogP contribution in [0.3, 0.4) is 0 Å².